The molecule has 1 fully saturated rings. The Morgan fingerprint density at radius 2 is 2.50 bits per heavy atom. The van der Waals surface area contributed by atoms with Gasteiger partial charge in [0.1, 0.15) is 6.23 Å². The second-order valence-corrected chi connectivity index (χ2v) is 3.58. The van der Waals surface area contributed by atoms with E-state index in [1.165, 1.54) is 0 Å². The van der Waals surface area contributed by atoms with Crippen LogP contribution in [-0.2, 0) is 11.2 Å². The van der Waals surface area contributed by atoms with Gasteiger partial charge in [0.05, 0.1) is 0 Å². The zero-order valence-corrected chi connectivity index (χ0v) is 7.94. The number of aromatic amines is 1. The molecule has 0 aromatic carbocycles. The molecule has 1 atom stereocenters. The van der Waals surface area contributed by atoms with Gasteiger partial charge in [-0.2, -0.15) is 0 Å². The molecule has 0 bridgehead atoms. The Balaban J connectivity index is 1.88. The lowest BCUT2D eigenvalue weighted by molar-refractivity contribution is -0.133. The molecule has 0 spiro atoms. The first kappa shape index (κ1) is 9.27. The van der Waals surface area contributed by atoms with Gasteiger partial charge in [0.15, 0.2) is 0 Å². The SMILES string of the molecule is O=C1CCC(O)N1CCc1cc[nH]c1. The molecule has 4 nitrogen and oxygen atoms in total. The largest absolute Gasteiger partial charge is 0.374 e. The Morgan fingerprint density at radius 1 is 1.64 bits per heavy atom. The number of amides is 1. The number of H-pyrrole nitrogens is 1. The lowest BCUT2D eigenvalue weighted by Crippen LogP contribution is -2.34. The predicted octanol–water partition coefficient (Wildman–Crippen LogP) is 0.498. The van der Waals surface area contributed by atoms with E-state index < -0.39 is 6.23 Å². The van der Waals surface area contributed by atoms with Gasteiger partial charge in [-0.05, 0) is 18.1 Å². The number of hydrogen-bond donors (Lipinski definition) is 2. The number of aliphatic hydroxyl groups is 1. The summed E-state index contributed by atoms with van der Waals surface area (Å²) in [6.45, 7) is 0.609. The lowest BCUT2D eigenvalue weighted by Gasteiger charge is -2.19. The summed E-state index contributed by atoms with van der Waals surface area (Å²) in [6.07, 6.45) is 5.05. The van der Waals surface area contributed by atoms with Crippen LogP contribution in [0.2, 0.25) is 0 Å². The van der Waals surface area contributed by atoms with Crippen LogP contribution in [0.3, 0.4) is 0 Å². The molecule has 0 radical (unpaired) electrons. The third-order valence-corrected chi connectivity index (χ3v) is 2.60. The molecule has 1 aromatic heterocycles. The van der Waals surface area contributed by atoms with E-state index in [0.29, 0.717) is 19.4 Å². The molecular weight excluding hydrogens is 180 g/mol. The van der Waals surface area contributed by atoms with Crippen molar-refractivity contribution in [3.63, 3.8) is 0 Å². The highest BCUT2D eigenvalue weighted by Crippen LogP contribution is 2.16. The Kier molecular flexibility index (Phi) is 2.54. The van der Waals surface area contributed by atoms with Crippen molar-refractivity contribution < 1.29 is 9.90 Å². The zero-order chi connectivity index (χ0) is 9.97. The summed E-state index contributed by atoms with van der Waals surface area (Å²) in [4.78, 5) is 15.8. The third kappa shape index (κ3) is 1.80. The minimum atomic E-state index is -0.568. The molecule has 14 heavy (non-hydrogen) atoms. The van der Waals surface area contributed by atoms with Crippen LogP contribution in [0.25, 0.3) is 0 Å². The molecule has 1 aromatic rings. The minimum Gasteiger partial charge on any atom is -0.374 e. The second kappa shape index (κ2) is 3.84. The van der Waals surface area contributed by atoms with Crippen LogP contribution in [0.15, 0.2) is 18.5 Å². The average Bonchev–Trinajstić information content (AvgIpc) is 2.76. The summed E-state index contributed by atoms with van der Waals surface area (Å²) in [7, 11) is 0. The van der Waals surface area contributed by atoms with Crippen molar-refractivity contribution in [3.05, 3.63) is 24.0 Å². The number of hydrogen-bond acceptors (Lipinski definition) is 2. The van der Waals surface area contributed by atoms with Gasteiger partial charge in [-0.15, -0.1) is 0 Å². The maximum Gasteiger partial charge on any atom is 0.224 e. The molecule has 2 N–H and O–H groups in total. The first-order chi connectivity index (χ1) is 6.77. The van der Waals surface area contributed by atoms with Crippen molar-refractivity contribution >= 4 is 5.91 Å². The molecule has 1 unspecified atom stereocenters. The fraction of sp³-hybridized carbons (Fsp3) is 0.500. The van der Waals surface area contributed by atoms with Crippen LogP contribution in [0, 0.1) is 0 Å². The molecule has 76 valence electrons. The number of carbonyl (C=O) groups is 1. The summed E-state index contributed by atoms with van der Waals surface area (Å²) in [5, 5.41) is 9.49. The first-order valence-electron chi connectivity index (χ1n) is 4.86. The van der Waals surface area contributed by atoms with Crippen molar-refractivity contribution in [1.82, 2.24) is 9.88 Å². The van der Waals surface area contributed by atoms with E-state index in [2.05, 4.69) is 4.98 Å². The number of aromatic nitrogens is 1. The maximum atomic E-state index is 11.3. The summed E-state index contributed by atoms with van der Waals surface area (Å²) in [5.74, 6) is 0.0630. The van der Waals surface area contributed by atoms with E-state index in [1.54, 1.807) is 4.90 Å². The van der Waals surface area contributed by atoms with Gasteiger partial charge in [-0.1, -0.05) is 0 Å². The molecular formula is C10H14N2O2. The number of likely N-dealkylation sites (tertiary alicyclic amines) is 1. The van der Waals surface area contributed by atoms with Gasteiger partial charge >= 0.3 is 0 Å². The van der Waals surface area contributed by atoms with Gasteiger partial charge in [0, 0.05) is 31.8 Å². The minimum absolute atomic E-state index is 0.0630. The molecule has 0 saturated carbocycles. The standard InChI is InChI=1S/C10H14N2O2/c13-9-1-2-10(14)12(9)6-4-8-3-5-11-7-8/h3,5,7,9,11,13H,1-2,4,6H2. The normalized spacial score (nSPS) is 21.9. The maximum absolute atomic E-state index is 11.3. The van der Waals surface area contributed by atoms with E-state index in [4.69, 9.17) is 0 Å². The Bertz CT molecular complexity index is 308. The van der Waals surface area contributed by atoms with Crippen LogP contribution in [0.4, 0.5) is 0 Å². The highest BCUT2D eigenvalue weighted by atomic mass is 16.3. The zero-order valence-electron chi connectivity index (χ0n) is 7.94. The van der Waals surface area contributed by atoms with Crippen molar-refractivity contribution in [2.75, 3.05) is 6.54 Å². The Labute approximate surface area is 82.5 Å². The van der Waals surface area contributed by atoms with E-state index in [1.807, 2.05) is 18.5 Å². The smallest absolute Gasteiger partial charge is 0.224 e. The van der Waals surface area contributed by atoms with Crippen LogP contribution in [0.5, 0.6) is 0 Å². The summed E-state index contributed by atoms with van der Waals surface area (Å²) >= 11 is 0. The molecule has 2 rings (SSSR count). The lowest BCUT2D eigenvalue weighted by atomic mass is 10.2. The fourth-order valence-electron chi connectivity index (χ4n) is 1.76. The highest BCUT2D eigenvalue weighted by molar-refractivity contribution is 5.78. The van der Waals surface area contributed by atoms with Gasteiger partial charge in [-0.25, -0.2) is 0 Å². The van der Waals surface area contributed by atoms with Crippen LogP contribution in [-0.4, -0.2) is 33.7 Å². The van der Waals surface area contributed by atoms with Crippen molar-refractivity contribution in [2.24, 2.45) is 0 Å². The summed E-state index contributed by atoms with van der Waals surface area (Å²) < 4.78 is 0. The van der Waals surface area contributed by atoms with E-state index in [9.17, 15) is 9.90 Å². The van der Waals surface area contributed by atoms with E-state index in [-0.39, 0.29) is 5.91 Å². The number of rotatable bonds is 3. The molecule has 1 amide bonds. The van der Waals surface area contributed by atoms with Crippen molar-refractivity contribution in [3.8, 4) is 0 Å². The van der Waals surface area contributed by atoms with Crippen molar-refractivity contribution in [2.45, 2.75) is 25.5 Å². The molecule has 0 aliphatic carbocycles. The molecule has 4 heteroatoms. The quantitative estimate of drug-likeness (QED) is 0.736. The number of nitrogens with zero attached hydrogens (tertiary/aromatic N) is 1. The number of carbonyl (C=O) groups excluding carboxylic acids is 1. The Hall–Kier alpha value is -1.29. The van der Waals surface area contributed by atoms with Crippen molar-refractivity contribution in [1.29, 1.82) is 0 Å². The molecule has 1 saturated heterocycles. The average molecular weight is 194 g/mol. The van der Waals surface area contributed by atoms with Crippen LogP contribution in [0.1, 0.15) is 18.4 Å². The molecule has 1 aliphatic rings. The monoisotopic (exact) mass is 194 g/mol. The third-order valence-electron chi connectivity index (χ3n) is 2.60. The number of aliphatic hydroxyl groups excluding tert-OH is 1. The van der Waals surface area contributed by atoms with Crippen LogP contribution < -0.4 is 0 Å². The molecule has 1 aliphatic heterocycles. The van der Waals surface area contributed by atoms with Gasteiger partial charge in [0.25, 0.3) is 0 Å². The second-order valence-electron chi connectivity index (χ2n) is 3.58. The Morgan fingerprint density at radius 3 is 3.07 bits per heavy atom. The van der Waals surface area contributed by atoms with Gasteiger partial charge < -0.3 is 15.0 Å². The molecule has 2 heterocycles. The highest BCUT2D eigenvalue weighted by Gasteiger charge is 2.28. The first-order valence-corrected chi connectivity index (χ1v) is 4.86. The van der Waals surface area contributed by atoms with E-state index >= 15 is 0 Å². The van der Waals surface area contributed by atoms with Gasteiger partial charge in [0.2, 0.25) is 5.91 Å². The van der Waals surface area contributed by atoms with E-state index in [0.717, 1.165) is 12.0 Å². The summed E-state index contributed by atoms with van der Waals surface area (Å²) in [6, 6.07) is 1.98. The topological polar surface area (TPSA) is 56.3 Å². The predicted molar refractivity (Wildman–Crippen MR) is 51.5 cm³/mol. The van der Waals surface area contributed by atoms with Gasteiger partial charge in [-0.3, -0.25) is 4.79 Å². The van der Waals surface area contributed by atoms with Crippen LogP contribution >= 0.6 is 0 Å². The fourth-order valence-corrected chi connectivity index (χ4v) is 1.76. The summed E-state index contributed by atoms with van der Waals surface area (Å²) in [5.41, 5.74) is 1.16. The number of nitrogens with one attached hydrogen (secondary N) is 1.